The minimum absolute atomic E-state index is 0.195. The van der Waals surface area contributed by atoms with Gasteiger partial charge in [0, 0.05) is 3.57 Å². The molecule has 0 radical (unpaired) electrons. The zero-order valence-corrected chi connectivity index (χ0v) is 14.1. The Morgan fingerprint density at radius 2 is 1.48 bits per heavy atom. The first-order chi connectivity index (χ1) is 10.1. The molecule has 2 rings (SSSR count). The van der Waals surface area contributed by atoms with Gasteiger partial charge < -0.3 is 14.2 Å². The van der Waals surface area contributed by atoms with E-state index in [-0.39, 0.29) is 5.78 Å². The molecule has 2 aromatic rings. The SMILES string of the molecule is COc1ccc(I)cc1C(=O)c1c(OC)cccc1OC. The number of carbonyl (C=O) groups is 1. The van der Waals surface area contributed by atoms with E-state index >= 15 is 0 Å². The van der Waals surface area contributed by atoms with Gasteiger partial charge in [-0.15, -0.1) is 0 Å². The molecule has 0 atom stereocenters. The Hall–Kier alpha value is -1.76. The summed E-state index contributed by atoms with van der Waals surface area (Å²) in [6, 6.07) is 10.7. The van der Waals surface area contributed by atoms with Gasteiger partial charge in [-0.1, -0.05) is 6.07 Å². The lowest BCUT2D eigenvalue weighted by molar-refractivity contribution is 0.103. The van der Waals surface area contributed by atoms with Crippen LogP contribution in [0.15, 0.2) is 36.4 Å². The van der Waals surface area contributed by atoms with Crippen molar-refractivity contribution in [2.75, 3.05) is 21.3 Å². The fourth-order valence-corrected chi connectivity index (χ4v) is 2.56. The summed E-state index contributed by atoms with van der Waals surface area (Å²) in [5.74, 6) is 1.27. The van der Waals surface area contributed by atoms with Crippen molar-refractivity contribution in [1.29, 1.82) is 0 Å². The van der Waals surface area contributed by atoms with Crippen LogP contribution in [-0.4, -0.2) is 27.1 Å². The molecule has 21 heavy (non-hydrogen) atoms. The maximum atomic E-state index is 12.9. The van der Waals surface area contributed by atoms with Crippen molar-refractivity contribution in [3.63, 3.8) is 0 Å². The monoisotopic (exact) mass is 398 g/mol. The first kappa shape index (κ1) is 15.6. The maximum Gasteiger partial charge on any atom is 0.204 e. The van der Waals surface area contributed by atoms with Crippen molar-refractivity contribution in [2.24, 2.45) is 0 Å². The zero-order valence-electron chi connectivity index (χ0n) is 12.0. The third-order valence-corrected chi connectivity index (χ3v) is 3.73. The molecule has 0 saturated heterocycles. The van der Waals surface area contributed by atoms with Crippen LogP contribution >= 0.6 is 22.6 Å². The number of ketones is 1. The van der Waals surface area contributed by atoms with Crippen LogP contribution in [0.3, 0.4) is 0 Å². The van der Waals surface area contributed by atoms with E-state index in [1.54, 1.807) is 37.4 Å². The van der Waals surface area contributed by atoms with Crippen molar-refractivity contribution >= 4 is 28.4 Å². The lowest BCUT2D eigenvalue weighted by atomic mass is 10.0. The first-order valence-corrected chi connectivity index (χ1v) is 7.29. The number of ether oxygens (including phenoxy) is 3. The molecule has 0 N–H and O–H groups in total. The van der Waals surface area contributed by atoms with E-state index in [0.29, 0.717) is 28.4 Å². The van der Waals surface area contributed by atoms with Crippen LogP contribution in [0.2, 0.25) is 0 Å². The number of hydrogen-bond donors (Lipinski definition) is 0. The molecule has 0 aliphatic rings. The fourth-order valence-electron chi connectivity index (χ4n) is 2.07. The molecule has 110 valence electrons. The summed E-state index contributed by atoms with van der Waals surface area (Å²) in [7, 11) is 4.59. The van der Waals surface area contributed by atoms with Gasteiger partial charge in [0.25, 0.3) is 0 Å². The van der Waals surface area contributed by atoms with E-state index in [1.165, 1.54) is 14.2 Å². The van der Waals surface area contributed by atoms with Crippen LogP contribution in [0.1, 0.15) is 15.9 Å². The highest BCUT2D eigenvalue weighted by Crippen LogP contribution is 2.33. The Bertz CT molecular complexity index is 645. The van der Waals surface area contributed by atoms with E-state index in [4.69, 9.17) is 14.2 Å². The van der Waals surface area contributed by atoms with Gasteiger partial charge in [0.1, 0.15) is 22.8 Å². The third kappa shape index (κ3) is 3.12. The smallest absolute Gasteiger partial charge is 0.204 e. The molecule has 0 aliphatic carbocycles. The van der Waals surface area contributed by atoms with Crippen LogP contribution in [-0.2, 0) is 0 Å². The summed E-state index contributed by atoms with van der Waals surface area (Å²) in [6.07, 6.45) is 0. The highest BCUT2D eigenvalue weighted by molar-refractivity contribution is 14.1. The van der Waals surface area contributed by atoms with Crippen molar-refractivity contribution in [1.82, 2.24) is 0 Å². The molecule has 0 amide bonds. The summed E-state index contributed by atoms with van der Waals surface area (Å²) in [5.41, 5.74) is 0.870. The first-order valence-electron chi connectivity index (χ1n) is 6.21. The Labute approximate surface area is 137 Å². The van der Waals surface area contributed by atoms with E-state index in [1.807, 2.05) is 6.07 Å². The summed E-state index contributed by atoms with van der Waals surface area (Å²) >= 11 is 2.16. The van der Waals surface area contributed by atoms with Crippen LogP contribution in [0.25, 0.3) is 0 Å². The lowest BCUT2D eigenvalue weighted by Gasteiger charge is -2.14. The van der Waals surface area contributed by atoms with Gasteiger partial charge in [-0.25, -0.2) is 0 Å². The molecular weight excluding hydrogens is 383 g/mol. The van der Waals surface area contributed by atoms with Gasteiger partial charge in [0.15, 0.2) is 0 Å². The Kier molecular flexibility index (Phi) is 5.06. The second-order valence-corrected chi connectivity index (χ2v) is 5.46. The molecule has 0 aromatic heterocycles. The van der Waals surface area contributed by atoms with Crippen molar-refractivity contribution < 1.29 is 19.0 Å². The molecule has 0 fully saturated rings. The number of halogens is 1. The second-order valence-electron chi connectivity index (χ2n) is 4.21. The van der Waals surface area contributed by atoms with Gasteiger partial charge >= 0.3 is 0 Å². The van der Waals surface area contributed by atoms with E-state index < -0.39 is 0 Å². The topological polar surface area (TPSA) is 44.8 Å². The largest absolute Gasteiger partial charge is 0.496 e. The Balaban J connectivity index is 2.62. The molecule has 0 bridgehead atoms. The summed E-state index contributed by atoms with van der Waals surface area (Å²) in [6.45, 7) is 0. The predicted octanol–water partition coefficient (Wildman–Crippen LogP) is 3.55. The third-order valence-electron chi connectivity index (χ3n) is 3.06. The molecule has 0 spiro atoms. The Morgan fingerprint density at radius 1 is 0.905 bits per heavy atom. The number of hydrogen-bond acceptors (Lipinski definition) is 4. The maximum absolute atomic E-state index is 12.9. The highest BCUT2D eigenvalue weighted by Gasteiger charge is 2.22. The summed E-state index contributed by atoms with van der Waals surface area (Å²) < 4.78 is 16.8. The quantitative estimate of drug-likeness (QED) is 0.571. The molecule has 0 aliphatic heterocycles. The Morgan fingerprint density at radius 3 is 2.00 bits per heavy atom. The number of benzene rings is 2. The predicted molar refractivity (Wildman–Crippen MR) is 88.7 cm³/mol. The zero-order chi connectivity index (χ0) is 15.4. The normalized spacial score (nSPS) is 10.1. The number of carbonyl (C=O) groups excluding carboxylic acids is 1. The van der Waals surface area contributed by atoms with Crippen molar-refractivity contribution in [2.45, 2.75) is 0 Å². The van der Waals surface area contributed by atoms with E-state index in [0.717, 1.165) is 3.57 Å². The minimum Gasteiger partial charge on any atom is -0.496 e. The van der Waals surface area contributed by atoms with Crippen molar-refractivity contribution in [3.8, 4) is 17.2 Å². The molecule has 4 nitrogen and oxygen atoms in total. The van der Waals surface area contributed by atoms with Crippen LogP contribution in [0, 0.1) is 3.57 Å². The van der Waals surface area contributed by atoms with Crippen LogP contribution < -0.4 is 14.2 Å². The van der Waals surface area contributed by atoms with Gasteiger partial charge in [-0.05, 0) is 52.9 Å². The molecule has 0 saturated carbocycles. The van der Waals surface area contributed by atoms with Crippen molar-refractivity contribution in [3.05, 3.63) is 51.1 Å². The van der Waals surface area contributed by atoms with Gasteiger partial charge in [-0.3, -0.25) is 4.79 Å². The van der Waals surface area contributed by atoms with Crippen LogP contribution in [0.4, 0.5) is 0 Å². The van der Waals surface area contributed by atoms with Gasteiger partial charge in [0.2, 0.25) is 5.78 Å². The average Bonchev–Trinajstić information content (AvgIpc) is 2.53. The van der Waals surface area contributed by atoms with E-state index in [2.05, 4.69) is 22.6 Å². The fraction of sp³-hybridized carbons (Fsp3) is 0.188. The van der Waals surface area contributed by atoms with Gasteiger partial charge in [-0.2, -0.15) is 0 Å². The number of rotatable bonds is 5. The lowest BCUT2D eigenvalue weighted by Crippen LogP contribution is -2.08. The van der Waals surface area contributed by atoms with E-state index in [9.17, 15) is 4.79 Å². The van der Waals surface area contributed by atoms with Crippen LogP contribution in [0.5, 0.6) is 17.2 Å². The number of methoxy groups -OCH3 is 3. The second kappa shape index (κ2) is 6.80. The molecule has 5 heteroatoms. The standard InChI is InChI=1S/C16H15IO4/c1-19-12-8-7-10(17)9-11(12)16(18)15-13(20-2)5-4-6-14(15)21-3/h4-9H,1-3H3. The summed E-state index contributed by atoms with van der Waals surface area (Å²) in [4.78, 5) is 12.9. The minimum atomic E-state index is -0.195. The summed E-state index contributed by atoms with van der Waals surface area (Å²) in [5, 5.41) is 0. The molecule has 0 unspecified atom stereocenters. The highest BCUT2D eigenvalue weighted by atomic mass is 127. The molecular formula is C16H15IO4. The van der Waals surface area contributed by atoms with Gasteiger partial charge in [0.05, 0.1) is 26.9 Å². The molecule has 2 aromatic carbocycles. The molecule has 0 heterocycles. The average molecular weight is 398 g/mol.